The van der Waals surface area contributed by atoms with E-state index in [0.29, 0.717) is 32.7 Å². The first kappa shape index (κ1) is 42.9. The zero-order valence-electron chi connectivity index (χ0n) is 29.7. The Morgan fingerprint density at radius 1 is 0.591 bits per heavy atom. The van der Waals surface area contributed by atoms with E-state index < -0.39 is 17.4 Å². The van der Waals surface area contributed by atoms with Crippen molar-refractivity contribution in [3.05, 3.63) is 0 Å². The van der Waals surface area contributed by atoms with Crippen LogP contribution in [0.15, 0.2) is 0 Å². The molecule has 0 N–H and O–H groups in total. The number of carbonyl (C=O) groups is 2. The average molecular weight is 633 g/mol. The molecule has 9 heteroatoms. The average Bonchev–Trinajstić information content (AvgIpc) is 3.31. The number of rotatable bonds is 28. The second-order valence-electron chi connectivity index (χ2n) is 11.7. The smallest absolute Gasteiger partial charge is 0.320 e. The highest BCUT2D eigenvalue weighted by atomic mass is 16.9. The summed E-state index contributed by atoms with van der Waals surface area (Å²) >= 11 is 0. The number of hydrogen-bond donors (Lipinski definition) is 0. The second kappa shape index (κ2) is 26.0. The summed E-state index contributed by atoms with van der Waals surface area (Å²) in [6.07, 6.45) is 19.9. The maximum absolute atomic E-state index is 11.9. The van der Waals surface area contributed by atoms with E-state index in [9.17, 15) is 9.59 Å². The van der Waals surface area contributed by atoms with E-state index in [0.717, 1.165) is 57.8 Å². The Balaban J connectivity index is 0.000000875. The van der Waals surface area contributed by atoms with Crippen molar-refractivity contribution < 1.29 is 42.7 Å². The van der Waals surface area contributed by atoms with Crippen LogP contribution in [0, 0.1) is 5.41 Å². The van der Waals surface area contributed by atoms with Gasteiger partial charge in [0, 0.05) is 54.0 Å². The van der Waals surface area contributed by atoms with E-state index in [1.165, 1.54) is 44.9 Å². The molecule has 0 bridgehead atoms. The molecule has 9 nitrogen and oxygen atoms in total. The Morgan fingerprint density at radius 2 is 1.00 bits per heavy atom. The summed E-state index contributed by atoms with van der Waals surface area (Å²) in [4.78, 5) is 23.2. The Hall–Kier alpha value is -1.10. The highest BCUT2D eigenvalue weighted by molar-refractivity contribution is 5.97. The first-order chi connectivity index (χ1) is 21.2. The van der Waals surface area contributed by atoms with Crippen molar-refractivity contribution in [1.29, 1.82) is 0 Å². The molecule has 1 fully saturated rings. The summed E-state index contributed by atoms with van der Waals surface area (Å²) in [5.74, 6) is -2.41. The van der Waals surface area contributed by atoms with E-state index in [4.69, 9.17) is 33.2 Å². The van der Waals surface area contributed by atoms with Crippen LogP contribution >= 0.6 is 0 Å². The predicted octanol–water partition coefficient (Wildman–Crippen LogP) is 8.85. The molecule has 0 aromatic heterocycles. The van der Waals surface area contributed by atoms with Crippen molar-refractivity contribution in [2.75, 3.05) is 41.2 Å². The van der Waals surface area contributed by atoms with Gasteiger partial charge in [0.05, 0.1) is 11.8 Å². The fourth-order valence-electron chi connectivity index (χ4n) is 5.78. The molecule has 1 atom stereocenters. The van der Waals surface area contributed by atoms with Gasteiger partial charge >= 0.3 is 11.9 Å². The van der Waals surface area contributed by atoms with Gasteiger partial charge in [0.1, 0.15) is 0 Å². The van der Waals surface area contributed by atoms with Crippen LogP contribution in [0.25, 0.3) is 0 Å². The predicted molar refractivity (Wildman–Crippen MR) is 174 cm³/mol. The molecule has 1 aliphatic heterocycles. The normalized spacial score (nSPS) is 17.1. The van der Waals surface area contributed by atoms with Crippen LogP contribution in [0.3, 0.4) is 0 Å². The molecule has 0 aromatic rings. The molecule has 1 aliphatic rings. The fraction of sp³-hybridized carbons (Fsp3) is 0.943. The molecular formula is C35H68O9. The number of ether oxygens (including phenoxy) is 7. The van der Waals surface area contributed by atoms with E-state index in [-0.39, 0.29) is 18.4 Å². The van der Waals surface area contributed by atoms with Crippen LogP contribution in [0.1, 0.15) is 157 Å². The fourth-order valence-corrected chi connectivity index (χ4v) is 5.78. The lowest BCUT2D eigenvalue weighted by atomic mass is 9.79. The maximum atomic E-state index is 11.9. The van der Waals surface area contributed by atoms with Crippen LogP contribution in [0.5, 0.6) is 0 Å². The quantitative estimate of drug-likeness (QED) is 0.0362. The Kier molecular flexibility index (Phi) is 25.4. The molecule has 0 spiro atoms. The standard InChI is InChI=1S/C19H34O6.C16H34O3/c1-5-18(15-16(20)25-17(18)21)13-11-9-7-6-8-10-12-14-19(22-2,23-3)24-4;1-5-9-10-11-12-13-14-15-16(17-6-2,18-7-3)19-8-4/h5-15H2,1-4H3;5-15H2,1-4H3. The number of cyclic esters (lactones) is 2. The molecule has 1 saturated heterocycles. The lowest BCUT2D eigenvalue weighted by Crippen LogP contribution is -2.39. The van der Waals surface area contributed by atoms with E-state index in [2.05, 4.69) is 6.92 Å². The van der Waals surface area contributed by atoms with Crippen molar-refractivity contribution in [1.82, 2.24) is 0 Å². The minimum atomic E-state index is -0.915. The summed E-state index contributed by atoms with van der Waals surface area (Å²) in [6, 6.07) is 0. The minimum absolute atomic E-state index is 0.253. The Morgan fingerprint density at radius 3 is 1.36 bits per heavy atom. The number of esters is 2. The first-order valence-electron chi connectivity index (χ1n) is 17.5. The molecule has 1 unspecified atom stereocenters. The summed E-state index contributed by atoms with van der Waals surface area (Å²) in [6.45, 7) is 12.0. The zero-order valence-corrected chi connectivity index (χ0v) is 29.7. The lowest BCUT2D eigenvalue weighted by Gasteiger charge is -2.32. The maximum Gasteiger partial charge on any atom is 0.320 e. The topological polar surface area (TPSA) is 98.8 Å². The molecule has 0 amide bonds. The molecule has 262 valence electrons. The van der Waals surface area contributed by atoms with Crippen molar-refractivity contribution in [2.45, 2.75) is 169 Å². The third-order valence-electron chi connectivity index (χ3n) is 8.55. The van der Waals surface area contributed by atoms with Crippen molar-refractivity contribution in [2.24, 2.45) is 5.41 Å². The molecule has 0 saturated carbocycles. The zero-order chi connectivity index (χ0) is 33.2. The summed E-state index contributed by atoms with van der Waals surface area (Å²) in [5, 5.41) is 0. The Labute approximate surface area is 269 Å². The highest BCUT2D eigenvalue weighted by Gasteiger charge is 2.47. The number of hydrogen-bond acceptors (Lipinski definition) is 9. The van der Waals surface area contributed by atoms with Crippen molar-refractivity contribution in [3.8, 4) is 0 Å². The van der Waals surface area contributed by atoms with Gasteiger partial charge in [0.15, 0.2) is 0 Å². The summed E-state index contributed by atoms with van der Waals surface area (Å²) in [7, 11) is 4.76. The molecular weight excluding hydrogens is 564 g/mol. The van der Waals surface area contributed by atoms with E-state index >= 15 is 0 Å². The van der Waals surface area contributed by atoms with Gasteiger partial charge in [-0.25, -0.2) is 0 Å². The summed E-state index contributed by atoms with van der Waals surface area (Å²) < 4.78 is 37.7. The van der Waals surface area contributed by atoms with E-state index in [1.54, 1.807) is 21.3 Å². The number of unbranched alkanes of at least 4 members (excludes halogenated alkanes) is 12. The van der Waals surface area contributed by atoms with Crippen LogP contribution < -0.4 is 0 Å². The second-order valence-corrected chi connectivity index (χ2v) is 11.7. The molecule has 0 aromatic carbocycles. The van der Waals surface area contributed by atoms with Gasteiger partial charge in [-0.2, -0.15) is 0 Å². The van der Waals surface area contributed by atoms with Crippen LogP contribution in [0.2, 0.25) is 0 Å². The SMILES string of the molecule is CCC1(CCCCCCCCCC(OC)(OC)OC)CC(=O)OC1=O.CCCCCCCCCC(OCC)(OCC)OCC. The van der Waals surface area contributed by atoms with Gasteiger partial charge < -0.3 is 33.2 Å². The largest absolute Gasteiger partial charge is 0.393 e. The van der Waals surface area contributed by atoms with Gasteiger partial charge in [-0.15, -0.1) is 0 Å². The van der Waals surface area contributed by atoms with Gasteiger partial charge in [0.25, 0.3) is 11.9 Å². The molecule has 44 heavy (non-hydrogen) atoms. The third-order valence-corrected chi connectivity index (χ3v) is 8.55. The minimum Gasteiger partial charge on any atom is -0.393 e. The van der Waals surface area contributed by atoms with Crippen molar-refractivity contribution in [3.63, 3.8) is 0 Å². The summed E-state index contributed by atoms with van der Waals surface area (Å²) in [5.41, 5.74) is -0.555. The van der Waals surface area contributed by atoms with Crippen LogP contribution in [0.4, 0.5) is 0 Å². The number of methoxy groups -OCH3 is 3. The van der Waals surface area contributed by atoms with Gasteiger partial charge in [-0.3, -0.25) is 9.59 Å². The van der Waals surface area contributed by atoms with Gasteiger partial charge in [-0.05, 0) is 46.5 Å². The molecule has 0 aliphatic carbocycles. The van der Waals surface area contributed by atoms with Crippen LogP contribution in [-0.2, 0) is 42.7 Å². The molecule has 1 rings (SSSR count). The Bertz CT molecular complexity index is 685. The molecule has 0 radical (unpaired) electrons. The van der Waals surface area contributed by atoms with Crippen molar-refractivity contribution >= 4 is 11.9 Å². The third kappa shape index (κ3) is 17.0. The van der Waals surface area contributed by atoms with E-state index in [1.807, 2.05) is 27.7 Å². The van der Waals surface area contributed by atoms with Gasteiger partial charge in [0.2, 0.25) is 0 Å². The first-order valence-corrected chi connectivity index (χ1v) is 17.5. The van der Waals surface area contributed by atoms with Gasteiger partial charge in [-0.1, -0.05) is 90.9 Å². The molecule has 1 heterocycles. The highest BCUT2D eigenvalue weighted by Crippen LogP contribution is 2.39. The lowest BCUT2D eigenvalue weighted by molar-refractivity contribution is -0.380. The number of carbonyl (C=O) groups excluding carboxylic acids is 2. The monoisotopic (exact) mass is 632 g/mol. The van der Waals surface area contributed by atoms with Crippen LogP contribution in [-0.4, -0.2) is 65.0 Å².